The molecule has 2 aromatic carbocycles. The second-order valence-corrected chi connectivity index (χ2v) is 6.50. The normalized spacial score (nSPS) is 19.4. The molecule has 3 rings (SSSR count). The van der Waals surface area contributed by atoms with Gasteiger partial charge >= 0.3 is 0 Å². The molecule has 1 amide bonds. The van der Waals surface area contributed by atoms with Crippen LogP contribution in [0.3, 0.4) is 0 Å². The maximum Gasteiger partial charge on any atom is 0.216 e. The van der Waals surface area contributed by atoms with Crippen molar-refractivity contribution in [1.82, 2.24) is 5.32 Å². The van der Waals surface area contributed by atoms with Crippen LogP contribution >= 0.6 is 0 Å². The largest absolute Gasteiger partial charge is 0.497 e. The van der Waals surface area contributed by atoms with Crippen LogP contribution in [0.5, 0.6) is 5.75 Å². The number of nitrogens with one attached hydrogen (secondary N) is 1. The Hall–Kier alpha value is -2.29. The molecule has 0 heterocycles. The molecule has 24 heavy (non-hydrogen) atoms. The van der Waals surface area contributed by atoms with Crippen LogP contribution in [-0.2, 0) is 11.2 Å². The van der Waals surface area contributed by atoms with Crippen molar-refractivity contribution in [3.05, 3.63) is 65.2 Å². The van der Waals surface area contributed by atoms with Crippen LogP contribution in [0.1, 0.15) is 48.3 Å². The molecule has 2 unspecified atom stereocenters. The Morgan fingerprint density at radius 1 is 1.21 bits per heavy atom. The van der Waals surface area contributed by atoms with Gasteiger partial charge in [0.15, 0.2) is 0 Å². The highest BCUT2D eigenvalue weighted by molar-refractivity contribution is 5.72. The molecule has 3 nitrogen and oxygen atoms in total. The Kier molecular flexibility index (Phi) is 5.19. The number of carbonyl (C=O) groups is 1. The van der Waals surface area contributed by atoms with Crippen molar-refractivity contribution in [3.63, 3.8) is 0 Å². The summed E-state index contributed by atoms with van der Waals surface area (Å²) in [5.41, 5.74) is 4.18. The van der Waals surface area contributed by atoms with E-state index in [0.717, 1.165) is 25.0 Å². The van der Waals surface area contributed by atoms with Crippen molar-refractivity contribution >= 4 is 5.91 Å². The predicted molar refractivity (Wildman–Crippen MR) is 96.5 cm³/mol. The molecule has 1 aliphatic carbocycles. The number of carbonyl (C=O) groups excluding carboxylic acids is 1. The Morgan fingerprint density at radius 2 is 2.00 bits per heavy atom. The monoisotopic (exact) mass is 323 g/mol. The number of rotatable bonds is 5. The minimum absolute atomic E-state index is 0.0351. The van der Waals surface area contributed by atoms with Gasteiger partial charge in [-0.25, -0.2) is 0 Å². The first-order valence-electron chi connectivity index (χ1n) is 8.65. The average molecular weight is 323 g/mol. The molecule has 0 aromatic heterocycles. The van der Waals surface area contributed by atoms with Gasteiger partial charge in [-0.3, -0.25) is 4.79 Å². The highest BCUT2D eigenvalue weighted by Gasteiger charge is 2.30. The van der Waals surface area contributed by atoms with E-state index in [1.165, 1.54) is 16.7 Å². The fourth-order valence-electron chi connectivity index (χ4n) is 3.86. The van der Waals surface area contributed by atoms with Gasteiger partial charge < -0.3 is 10.1 Å². The van der Waals surface area contributed by atoms with Crippen molar-refractivity contribution < 1.29 is 9.53 Å². The molecule has 1 aliphatic rings. The van der Waals surface area contributed by atoms with Crippen LogP contribution in [0.2, 0.25) is 0 Å². The molecule has 2 atom stereocenters. The van der Waals surface area contributed by atoms with Crippen molar-refractivity contribution in [2.75, 3.05) is 13.7 Å². The van der Waals surface area contributed by atoms with E-state index < -0.39 is 0 Å². The third-order valence-corrected chi connectivity index (χ3v) is 5.02. The van der Waals surface area contributed by atoms with Crippen molar-refractivity contribution in [3.8, 4) is 5.75 Å². The van der Waals surface area contributed by atoms with Crippen LogP contribution in [0.4, 0.5) is 0 Å². The summed E-state index contributed by atoms with van der Waals surface area (Å²) in [6.07, 6.45) is 3.18. The van der Waals surface area contributed by atoms with Gasteiger partial charge in [-0.2, -0.15) is 0 Å². The van der Waals surface area contributed by atoms with Gasteiger partial charge in [0.25, 0.3) is 0 Å². The highest BCUT2D eigenvalue weighted by atomic mass is 16.5. The molecule has 0 spiro atoms. The fraction of sp³-hybridized carbons (Fsp3) is 0.381. The Labute approximate surface area is 144 Å². The number of ether oxygens (including phenoxy) is 1. The first-order valence-corrected chi connectivity index (χ1v) is 8.65. The molecular weight excluding hydrogens is 298 g/mol. The molecule has 0 aliphatic heterocycles. The van der Waals surface area contributed by atoms with Gasteiger partial charge in [0.2, 0.25) is 5.91 Å². The second-order valence-electron chi connectivity index (χ2n) is 6.50. The molecule has 0 bridgehead atoms. The second kappa shape index (κ2) is 7.52. The molecule has 0 saturated heterocycles. The smallest absolute Gasteiger partial charge is 0.216 e. The molecule has 3 heteroatoms. The highest BCUT2D eigenvalue weighted by Crippen LogP contribution is 2.45. The number of fused-ring (bicyclic) bond motifs is 1. The van der Waals surface area contributed by atoms with E-state index in [1.807, 2.05) is 6.07 Å². The topological polar surface area (TPSA) is 38.3 Å². The summed E-state index contributed by atoms with van der Waals surface area (Å²) < 4.78 is 5.44. The summed E-state index contributed by atoms with van der Waals surface area (Å²) in [5, 5.41) is 2.95. The van der Waals surface area contributed by atoms with Gasteiger partial charge in [-0.1, -0.05) is 36.4 Å². The third-order valence-electron chi connectivity index (χ3n) is 5.02. The molecule has 0 saturated carbocycles. The van der Waals surface area contributed by atoms with Crippen molar-refractivity contribution in [2.45, 2.75) is 38.0 Å². The number of methoxy groups -OCH3 is 1. The van der Waals surface area contributed by atoms with E-state index in [9.17, 15) is 4.79 Å². The van der Waals surface area contributed by atoms with Gasteiger partial charge in [-0.05, 0) is 59.9 Å². The van der Waals surface area contributed by atoms with Crippen LogP contribution < -0.4 is 10.1 Å². The number of amides is 1. The van der Waals surface area contributed by atoms with Crippen LogP contribution in [-0.4, -0.2) is 19.6 Å². The number of benzene rings is 2. The summed E-state index contributed by atoms with van der Waals surface area (Å²) >= 11 is 0. The molecule has 0 fully saturated rings. The molecule has 2 aromatic rings. The lowest BCUT2D eigenvalue weighted by Gasteiger charge is -2.34. The summed E-state index contributed by atoms with van der Waals surface area (Å²) in [4.78, 5) is 11.3. The maximum atomic E-state index is 11.3. The zero-order valence-electron chi connectivity index (χ0n) is 14.4. The molecular formula is C21H25NO2. The number of hydrogen-bond acceptors (Lipinski definition) is 2. The van der Waals surface area contributed by atoms with Crippen LogP contribution in [0.25, 0.3) is 0 Å². The average Bonchev–Trinajstić information content (AvgIpc) is 2.61. The Balaban J connectivity index is 1.92. The van der Waals surface area contributed by atoms with Gasteiger partial charge in [0, 0.05) is 13.5 Å². The number of aryl methyl sites for hydroxylation is 1. The Morgan fingerprint density at radius 3 is 2.71 bits per heavy atom. The minimum atomic E-state index is 0.0351. The van der Waals surface area contributed by atoms with E-state index >= 15 is 0 Å². The SMILES string of the molecule is COc1ccc2c(c1)C(CCNC(C)=O)C(c1ccccc1)CC2. The van der Waals surface area contributed by atoms with Crippen molar-refractivity contribution in [2.24, 2.45) is 0 Å². The lowest BCUT2D eigenvalue weighted by molar-refractivity contribution is -0.118. The van der Waals surface area contributed by atoms with E-state index in [4.69, 9.17) is 4.74 Å². The van der Waals surface area contributed by atoms with Gasteiger partial charge in [-0.15, -0.1) is 0 Å². The van der Waals surface area contributed by atoms with Crippen molar-refractivity contribution in [1.29, 1.82) is 0 Å². The van der Waals surface area contributed by atoms with Crippen LogP contribution in [0.15, 0.2) is 48.5 Å². The van der Waals surface area contributed by atoms with E-state index in [1.54, 1.807) is 14.0 Å². The lowest BCUT2D eigenvalue weighted by atomic mass is 9.70. The molecule has 0 radical (unpaired) electrons. The first-order chi connectivity index (χ1) is 11.7. The minimum Gasteiger partial charge on any atom is -0.497 e. The summed E-state index contributed by atoms with van der Waals surface area (Å²) in [6.45, 7) is 2.28. The summed E-state index contributed by atoms with van der Waals surface area (Å²) in [6, 6.07) is 17.2. The zero-order valence-corrected chi connectivity index (χ0v) is 14.4. The maximum absolute atomic E-state index is 11.3. The fourth-order valence-corrected chi connectivity index (χ4v) is 3.86. The first kappa shape index (κ1) is 16.6. The summed E-state index contributed by atoms with van der Waals surface area (Å²) in [5.74, 6) is 1.83. The van der Waals surface area contributed by atoms with E-state index in [2.05, 4.69) is 47.8 Å². The molecule has 1 N–H and O–H groups in total. The van der Waals surface area contributed by atoms with Crippen LogP contribution in [0, 0.1) is 0 Å². The summed E-state index contributed by atoms with van der Waals surface area (Å²) in [7, 11) is 1.71. The van der Waals surface area contributed by atoms with E-state index in [0.29, 0.717) is 18.4 Å². The number of hydrogen-bond donors (Lipinski definition) is 1. The quantitative estimate of drug-likeness (QED) is 0.902. The molecule has 126 valence electrons. The third kappa shape index (κ3) is 3.61. The van der Waals surface area contributed by atoms with Gasteiger partial charge in [0.05, 0.1) is 7.11 Å². The van der Waals surface area contributed by atoms with Gasteiger partial charge in [0.1, 0.15) is 5.75 Å². The standard InChI is InChI=1S/C21H25NO2/c1-15(23)22-13-12-20-19(16-6-4-3-5-7-16)11-9-17-8-10-18(24-2)14-21(17)20/h3-8,10,14,19-20H,9,11-13H2,1-2H3,(H,22,23). The Bertz CT molecular complexity index is 696. The zero-order chi connectivity index (χ0) is 16.9. The predicted octanol–water partition coefficient (Wildman–Crippen LogP) is 4.04. The lowest BCUT2D eigenvalue weighted by Crippen LogP contribution is -2.26. The van der Waals surface area contributed by atoms with E-state index in [-0.39, 0.29) is 5.91 Å².